The standard InChI is InChI=1S/C15H30N4O3S/c1-17(2)12-8-16-15(20)14-7-6-11-19(13-14)23(21,22)18-9-4-3-5-10-18/h14H,3-13H2,1-2H3,(H,16,20). The molecule has 0 aromatic carbocycles. The summed E-state index contributed by atoms with van der Waals surface area (Å²) in [5.41, 5.74) is 0. The lowest BCUT2D eigenvalue weighted by molar-refractivity contribution is -0.126. The van der Waals surface area contributed by atoms with Gasteiger partial charge in [-0.1, -0.05) is 6.42 Å². The van der Waals surface area contributed by atoms with Gasteiger partial charge < -0.3 is 10.2 Å². The van der Waals surface area contributed by atoms with Crippen LogP contribution in [-0.2, 0) is 15.0 Å². The number of nitrogens with one attached hydrogen (secondary N) is 1. The predicted molar refractivity (Wildman–Crippen MR) is 90.2 cm³/mol. The molecule has 1 N–H and O–H groups in total. The van der Waals surface area contributed by atoms with Crippen LogP contribution in [0.2, 0.25) is 0 Å². The second-order valence-electron chi connectivity index (χ2n) is 6.76. The van der Waals surface area contributed by atoms with Gasteiger partial charge in [-0.3, -0.25) is 4.79 Å². The minimum atomic E-state index is -3.41. The molecular weight excluding hydrogens is 316 g/mol. The fraction of sp³-hybridized carbons (Fsp3) is 0.933. The first-order valence-corrected chi connectivity index (χ1v) is 9.98. The third-order valence-corrected chi connectivity index (χ3v) is 6.58. The van der Waals surface area contributed by atoms with Gasteiger partial charge in [0.1, 0.15) is 0 Å². The van der Waals surface area contributed by atoms with Crippen molar-refractivity contribution in [3.8, 4) is 0 Å². The zero-order chi connectivity index (χ0) is 16.9. The highest BCUT2D eigenvalue weighted by Crippen LogP contribution is 2.23. The van der Waals surface area contributed by atoms with Crippen LogP contribution in [0.3, 0.4) is 0 Å². The van der Waals surface area contributed by atoms with Crippen molar-refractivity contribution in [2.24, 2.45) is 5.92 Å². The Bertz CT molecular complexity index is 489. The topological polar surface area (TPSA) is 73.0 Å². The number of amides is 1. The zero-order valence-electron chi connectivity index (χ0n) is 14.3. The fourth-order valence-electron chi connectivity index (χ4n) is 3.17. The van der Waals surface area contributed by atoms with Crippen LogP contribution in [0.1, 0.15) is 32.1 Å². The summed E-state index contributed by atoms with van der Waals surface area (Å²) in [6.45, 7) is 3.44. The highest BCUT2D eigenvalue weighted by atomic mass is 32.2. The highest BCUT2D eigenvalue weighted by Gasteiger charge is 2.36. The fourth-order valence-corrected chi connectivity index (χ4v) is 4.95. The van der Waals surface area contributed by atoms with Gasteiger partial charge in [-0.05, 0) is 39.8 Å². The Morgan fingerprint density at radius 3 is 2.39 bits per heavy atom. The Hall–Kier alpha value is -0.700. The summed E-state index contributed by atoms with van der Waals surface area (Å²) in [7, 11) is 0.509. The van der Waals surface area contributed by atoms with Crippen LogP contribution in [0.15, 0.2) is 0 Å². The number of carbonyl (C=O) groups is 1. The van der Waals surface area contributed by atoms with E-state index in [0.29, 0.717) is 32.7 Å². The Morgan fingerprint density at radius 2 is 1.74 bits per heavy atom. The molecule has 0 radical (unpaired) electrons. The maximum absolute atomic E-state index is 12.7. The molecule has 2 rings (SSSR count). The average molecular weight is 346 g/mol. The predicted octanol–water partition coefficient (Wildman–Crippen LogP) is 0.107. The van der Waals surface area contributed by atoms with E-state index in [1.54, 1.807) is 4.31 Å². The monoisotopic (exact) mass is 346 g/mol. The van der Waals surface area contributed by atoms with E-state index in [1.807, 2.05) is 19.0 Å². The quantitative estimate of drug-likeness (QED) is 0.741. The molecule has 134 valence electrons. The summed E-state index contributed by atoms with van der Waals surface area (Å²) >= 11 is 0. The van der Waals surface area contributed by atoms with Crippen LogP contribution in [0, 0.1) is 5.92 Å². The summed E-state index contributed by atoms with van der Waals surface area (Å²) in [5.74, 6) is -0.254. The van der Waals surface area contributed by atoms with Crippen LogP contribution >= 0.6 is 0 Å². The lowest BCUT2D eigenvalue weighted by atomic mass is 9.99. The van der Waals surface area contributed by atoms with Crippen molar-refractivity contribution in [2.75, 3.05) is 53.4 Å². The normalized spacial score (nSPS) is 24.7. The van der Waals surface area contributed by atoms with Gasteiger partial charge in [0, 0.05) is 39.3 Å². The van der Waals surface area contributed by atoms with Gasteiger partial charge in [-0.25, -0.2) is 0 Å². The Balaban J connectivity index is 1.90. The molecule has 0 aromatic rings. The van der Waals surface area contributed by atoms with E-state index in [-0.39, 0.29) is 11.8 Å². The Morgan fingerprint density at radius 1 is 1.09 bits per heavy atom. The van der Waals surface area contributed by atoms with E-state index in [9.17, 15) is 13.2 Å². The number of rotatable bonds is 6. The van der Waals surface area contributed by atoms with Crippen LogP contribution in [0.5, 0.6) is 0 Å². The van der Waals surface area contributed by atoms with Crippen LogP contribution in [0.25, 0.3) is 0 Å². The van der Waals surface area contributed by atoms with Crippen molar-refractivity contribution in [3.05, 3.63) is 0 Å². The zero-order valence-corrected chi connectivity index (χ0v) is 15.1. The minimum absolute atomic E-state index is 0.0228. The molecule has 0 aromatic heterocycles. The third kappa shape index (κ3) is 5.14. The number of carbonyl (C=O) groups excluding carboxylic acids is 1. The number of nitrogens with zero attached hydrogens (tertiary/aromatic N) is 3. The number of likely N-dealkylation sites (N-methyl/N-ethyl adjacent to an activating group) is 1. The van der Waals surface area contributed by atoms with Crippen LogP contribution in [-0.4, -0.2) is 81.2 Å². The van der Waals surface area contributed by atoms with Crippen molar-refractivity contribution in [3.63, 3.8) is 0 Å². The van der Waals surface area contributed by atoms with Crippen molar-refractivity contribution < 1.29 is 13.2 Å². The maximum Gasteiger partial charge on any atom is 0.281 e. The first kappa shape index (κ1) is 18.6. The number of hydrogen-bond acceptors (Lipinski definition) is 4. The number of piperidine rings is 2. The largest absolute Gasteiger partial charge is 0.355 e. The molecule has 2 aliphatic rings. The van der Waals surface area contributed by atoms with E-state index < -0.39 is 10.2 Å². The lowest BCUT2D eigenvalue weighted by Gasteiger charge is -2.36. The van der Waals surface area contributed by atoms with Gasteiger partial charge in [0.2, 0.25) is 5.91 Å². The van der Waals surface area contributed by atoms with Crippen molar-refractivity contribution in [1.82, 2.24) is 18.8 Å². The van der Waals surface area contributed by atoms with E-state index in [0.717, 1.165) is 38.6 Å². The van der Waals surface area contributed by atoms with E-state index in [1.165, 1.54) is 4.31 Å². The molecule has 7 nitrogen and oxygen atoms in total. The van der Waals surface area contributed by atoms with Gasteiger partial charge >= 0.3 is 0 Å². The summed E-state index contributed by atoms with van der Waals surface area (Å²) in [5, 5.41) is 2.92. The second kappa shape index (κ2) is 8.41. The summed E-state index contributed by atoms with van der Waals surface area (Å²) in [6.07, 6.45) is 4.48. The molecular formula is C15H30N4O3S. The highest BCUT2D eigenvalue weighted by molar-refractivity contribution is 7.86. The molecule has 1 atom stereocenters. The Labute approximate surface area is 140 Å². The van der Waals surface area contributed by atoms with Gasteiger partial charge in [0.05, 0.1) is 5.92 Å². The lowest BCUT2D eigenvalue weighted by Crippen LogP contribution is -2.51. The van der Waals surface area contributed by atoms with Gasteiger partial charge in [-0.15, -0.1) is 0 Å². The van der Waals surface area contributed by atoms with E-state index in [2.05, 4.69) is 5.32 Å². The van der Waals surface area contributed by atoms with Crippen LogP contribution in [0.4, 0.5) is 0 Å². The van der Waals surface area contributed by atoms with Crippen LogP contribution < -0.4 is 5.32 Å². The van der Waals surface area contributed by atoms with Gasteiger partial charge in [0.25, 0.3) is 10.2 Å². The van der Waals surface area contributed by atoms with E-state index >= 15 is 0 Å². The summed E-state index contributed by atoms with van der Waals surface area (Å²) < 4.78 is 28.5. The second-order valence-corrected chi connectivity index (χ2v) is 8.69. The number of hydrogen-bond donors (Lipinski definition) is 1. The third-order valence-electron chi connectivity index (χ3n) is 4.58. The maximum atomic E-state index is 12.7. The SMILES string of the molecule is CN(C)CCNC(=O)C1CCCN(S(=O)(=O)N2CCCCC2)C1. The first-order chi connectivity index (χ1) is 10.9. The first-order valence-electron chi connectivity index (χ1n) is 8.59. The average Bonchev–Trinajstić information content (AvgIpc) is 2.55. The molecule has 2 aliphatic heterocycles. The van der Waals surface area contributed by atoms with Gasteiger partial charge in [-0.2, -0.15) is 17.0 Å². The van der Waals surface area contributed by atoms with Crippen molar-refractivity contribution in [1.29, 1.82) is 0 Å². The summed E-state index contributed by atoms with van der Waals surface area (Å²) in [4.78, 5) is 14.3. The van der Waals surface area contributed by atoms with E-state index in [4.69, 9.17) is 0 Å². The molecule has 2 saturated heterocycles. The molecule has 2 heterocycles. The smallest absolute Gasteiger partial charge is 0.281 e. The van der Waals surface area contributed by atoms with Crippen molar-refractivity contribution >= 4 is 16.1 Å². The molecule has 0 saturated carbocycles. The Kier molecular flexibility index (Phi) is 6.82. The molecule has 1 amide bonds. The molecule has 8 heteroatoms. The molecule has 0 bridgehead atoms. The molecule has 2 fully saturated rings. The minimum Gasteiger partial charge on any atom is -0.355 e. The molecule has 0 aliphatic carbocycles. The summed E-state index contributed by atoms with van der Waals surface area (Å²) in [6, 6.07) is 0. The van der Waals surface area contributed by atoms with Gasteiger partial charge in [0.15, 0.2) is 0 Å². The molecule has 0 spiro atoms. The van der Waals surface area contributed by atoms with Crippen molar-refractivity contribution in [2.45, 2.75) is 32.1 Å². The molecule has 23 heavy (non-hydrogen) atoms. The molecule has 1 unspecified atom stereocenters.